The van der Waals surface area contributed by atoms with Crippen LogP contribution in [0.2, 0.25) is 0 Å². The number of nitrogens with one attached hydrogen (secondary N) is 1. The fraction of sp³-hybridized carbons (Fsp3) is 0.353. The van der Waals surface area contributed by atoms with Crippen LogP contribution in [0, 0.1) is 0 Å². The van der Waals surface area contributed by atoms with Crippen LogP contribution in [-0.4, -0.2) is 28.3 Å². The predicted molar refractivity (Wildman–Crippen MR) is 158 cm³/mol. The van der Waals surface area contributed by atoms with E-state index in [1.54, 1.807) is 11.8 Å². The number of hydrogen-bond donors (Lipinski definition) is 1. The van der Waals surface area contributed by atoms with Gasteiger partial charge in [-0.15, -0.1) is 11.8 Å². The first kappa shape index (κ1) is 30.8. The van der Waals surface area contributed by atoms with Gasteiger partial charge in [0.15, 0.2) is 0 Å². The van der Waals surface area contributed by atoms with Gasteiger partial charge in [0.2, 0.25) is 0 Å². The first-order valence-electron chi connectivity index (χ1n) is 14.5. The Balaban J connectivity index is 1.41. The Hall–Kier alpha value is -3.21. The maximum Gasteiger partial charge on any atom is 0.416 e. The highest BCUT2D eigenvalue weighted by Gasteiger charge is 2.60. The summed E-state index contributed by atoms with van der Waals surface area (Å²) >= 11 is 1.65. The van der Waals surface area contributed by atoms with Crippen molar-refractivity contribution in [3.63, 3.8) is 0 Å². The molecule has 4 aromatic rings. The highest BCUT2D eigenvalue weighted by molar-refractivity contribution is 7.98. The van der Waals surface area contributed by atoms with Crippen LogP contribution in [0.1, 0.15) is 58.7 Å². The number of piperidine rings is 1. The van der Waals surface area contributed by atoms with Crippen LogP contribution in [0.25, 0.3) is 0 Å². The number of nitrogens with zero attached hydrogens (tertiary/aromatic N) is 1. The van der Waals surface area contributed by atoms with E-state index >= 15 is 0 Å². The summed E-state index contributed by atoms with van der Waals surface area (Å²) in [5.41, 5.74) is -0.248. The van der Waals surface area contributed by atoms with E-state index in [4.69, 9.17) is 4.74 Å². The highest BCUT2D eigenvalue weighted by Crippen LogP contribution is 2.58. The summed E-state index contributed by atoms with van der Waals surface area (Å²) in [5, 5.41) is 0. The zero-order valence-corrected chi connectivity index (χ0v) is 24.8. The van der Waals surface area contributed by atoms with Crippen molar-refractivity contribution in [2.45, 2.75) is 73.3 Å². The minimum atomic E-state index is -4.92. The van der Waals surface area contributed by atoms with Crippen molar-refractivity contribution < 1.29 is 31.1 Å². The molecule has 0 amide bonds. The zero-order valence-electron chi connectivity index (χ0n) is 24.0. The normalized spacial score (nSPS) is 24.1. The van der Waals surface area contributed by atoms with Gasteiger partial charge in [-0.1, -0.05) is 60.7 Å². The maximum absolute atomic E-state index is 13.6. The summed E-state index contributed by atoms with van der Waals surface area (Å²) < 4.78 is 88.1. The Bertz CT molecular complexity index is 1540. The van der Waals surface area contributed by atoms with Crippen molar-refractivity contribution in [3.8, 4) is 0 Å². The summed E-state index contributed by atoms with van der Waals surface area (Å²) in [4.78, 5) is 7.07. The average molecular weight is 631 g/mol. The summed E-state index contributed by atoms with van der Waals surface area (Å²) in [5.74, 6) is 0.124. The Labute approximate surface area is 256 Å². The van der Waals surface area contributed by atoms with E-state index in [0.717, 1.165) is 40.3 Å². The smallest absolute Gasteiger partial charge is 0.371 e. The molecule has 3 heterocycles. The molecule has 1 aromatic heterocycles. The first-order chi connectivity index (χ1) is 21.0. The summed E-state index contributed by atoms with van der Waals surface area (Å²) in [6, 6.07) is 24.0. The molecule has 232 valence electrons. The molecule has 6 rings (SSSR count). The Morgan fingerprint density at radius 1 is 0.841 bits per heavy atom. The largest absolute Gasteiger partial charge is 0.416 e. The molecule has 3 nitrogen and oxygen atoms in total. The lowest BCUT2D eigenvalue weighted by atomic mass is 9.78. The quantitative estimate of drug-likeness (QED) is 0.155. The highest BCUT2D eigenvalue weighted by atomic mass is 32.2. The minimum absolute atomic E-state index is 0.124. The molecule has 1 N–H and O–H groups in total. The van der Waals surface area contributed by atoms with Crippen molar-refractivity contribution in [3.05, 3.63) is 125 Å². The van der Waals surface area contributed by atoms with Gasteiger partial charge >= 0.3 is 12.4 Å². The van der Waals surface area contributed by atoms with Gasteiger partial charge in [-0.25, -0.2) is 0 Å². The number of H-pyrrole nitrogens is 1. The molecule has 0 saturated carbocycles. The van der Waals surface area contributed by atoms with E-state index in [1.165, 1.54) is 0 Å². The molecule has 0 unspecified atom stereocenters. The topological polar surface area (TPSA) is 28.3 Å². The number of ether oxygens (including phenoxy) is 1. The molecular weight excluding hydrogens is 598 g/mol. The molecule has 4 atom stereocenters. The number of benzene rings is 3. The van der Waals surface area contributed by atoms with Crippen LogP contribution in [0.4, 0.5) is 26.3 Å². The Kier molecular flexibility index (Phi) is 8.36. The third kappa shape index (κ3) is 5.91. The minimum Gasteiger partial charge on any atom is -0.371 e. The van der Waals surface area contributed by atoms with E-state index in [-0.39, 0.29) is 30.2 Å². The average Bonchev–Trinajstić information content (AvgIpc) is 3.56. The number of rotatable bonds is 8. The number of fused-ring (bicyclic) bond motifs is 2. The second-order valence-electron chi connectivity index (χ2n) is 11.6. The van der Waals surface area contributed by atoms with Crippen LogP contribution >= 0.6 is 11.8 Å². The molecule has 10 heteroatoms. The van der Waals surface area contributed by atoms with E-state index in [0.29, 0.717) is 19.4 Å². The van der Waals surface area contributed by atoms with Crippen LogP contribution < -0.4 is 0 Å². The SMILES string of the molecule is CSc1c[nH]c([C@@H]2C[C@@]3(c4ccccc4)[C@H](OCc4cc(C(F)(F)F)cc(C(F)(F)F)c4)CC[C@@H]2N3Cc2ccccc2)c1. The first-order valence-corrected chi connectivity index (χ1v) is 15.7. The Morgan fingerprint density at radius 2 is 1.48 bits per heavy atom. The van der Waals surface area contributed by atoms with Crippen molar-refractivity contribution >= 4 is 11.8 Å². The molecule has 2 fully saturated rings. The second kappa shape index (κ2) is 11.9. The number of thioether (sulfide) groups is 1. The lowest BCUT2D eigenvalue weighted by Crippen LogP contribution is -2.56. The lowest BCUT2D eigenvalue weighted by Gasteiger charge is -2.50. The standard InChI is InChI=1S/C34H32F6N2OS/c1-44-27-17-29(41-19-27)28-18-32(24-10-6-3-7-11-24)31(13-12-30(28)42(32)20-22-8-4-2-5-9-22)43-21-23-14-25(33(35,36)37)16-26(15-23)34(38,39)40/h2-11,14-17,19,28,30-31,41H,12-13,18,20-21H2,1H3/t28-,30-,31+,32+/m0/s1. The van der Waals surface area contributed by atoms with Gasteiger partial charge in [-0.2, -0.15) is 26.3 Å². The summed E-state index contributed by atoms with van der Waals surface area (Å²) in [6.45, 7) is 0.245. The third-order valence-corrected chi connectivity index (χ3v) is 9.75. The van der Waals surface area contributed by atoms with Crippen LogP contribution in [0.5, 0.6) is 0 Å². The molecule has 2 aliphatic rings. The number of aromatic amines is 1. The van der Waals surface area contributed by atoms with Gasteiger partial charge in [0.05, 0.1) is 29.4 Å². The van der Waals surface area contributed by atoms with Gasteiger partial charge in [-0.05, 0) is 66.5 Å². The van der Waals surface area contributed by atoms with Gasteiger partial charge in [0.25, 0.3) is 0 Å². The fourth-order valence-corrected chi connectivity index (χ4v) is 7.55. The van der Waals surface area contributed by atoms with E-state index in [9.17, 15) is 26.3 Å². The molecule has 2 bridgehead atoms. The molecule has 0 spiro atoms. The molecule has 0 aliphatic carbocycles. The summed E-state index contributed by atoms with van der Waals surface area (Å²) in [7, 11) is 0. The molecular formula is C34H32F6N2OS. The maximum atomic E-state index is 13.6. The van der Waals surface area contributed by atoms with Crippen molar-refractivity contribution in [1.82, 2.24) is 9.88 Å². The van der Waals surface area contributed by atoms with Crippen molar-refractivity contribution in [2.24, 2.45) is 0 Å². The van der Waals surface area contributed by atoms with Crippen LogP contribution in [-0.2, 0) is 35.8 Å². The number of aromatic nitrogens is 1. The van der Waals surface area contributed by atoms with Gasteiger partial charge < -0.3 is 9.72 Å². The molecule has 0 radical (unpaired) electrons. The Morgan fingerprint density at radius 3 is 2.07 bits per heavy atom. The van der Waals surface area contributed by atoms with Gasteiger partial charge in [-0.3, -0.25) is 4.90 Å². The zero-order chi connectivity index (χ0) is 31.1. The number of alkyl halides is 6. The lowest BCUT2D eigenvalue weighted by molar-refractivity contribution is -0.143. The van der Waals surface area contributed by atoms with Gasteiger partial charge in [0, 0.05) is 35.3 Å². The monoisotopic (exact) mass is 630 g/mol. The van der Waals surface area contributed by atoms with Crippen LogP contribution in [0.15, 0.2) is 96.0 Å². The number of hydrogen-bond acceptors (Lipinski definition) is 3. The summed E-state index contributed by atoms with van der Waals surface area (Å²) in [6.07, 6.45) is -4.23. The van der Waals surface area contributed by atoms with E-state index in [1.807, 2.05) is 61.0 Å². The van der Waals surface area contributed by atoms with E-state index in [2.05, 4.69) is 28.1 Å². The molecule has 44 heavy (non-hydrogen) atoms. The van der Waals surface area contributed by atoms with Gasteiger partial charge in [0.1, 0.15) is 0 Å². The van der Waals surface area contributed by atoms with Crippen molar-refractivity contribution in [1.29, 1.82) is 0 Å². The van der Waals surface area contributed by atoms with Crippen molar-refractivity contribution in [2.75, 3.05) is 6.26 Å². The molecule has 3 aromatic carbocycles. The molecule has 2 aliphatic heterocycles. The third-order valence-electron chi connectivity index (χ3n) is 9.05. The van der Waals surface area contributed by atoms with E-state index < -0.39 is 35.1 Å². The second-order valence-corrected chi connectivity index (χ2v) is 12.4. The molecule has 2 saturated heterocycles. The number of halogens is 6. The van der Waals surface area contributed by atoms with Crippen LogP contribution in [0.3, 0.4) is 0 Å². The predicted octanol–water partition coefficient (Wildman–Crippen LogP) is 9.41. The fourth-order valence-electron chi connectivity index (χ4n) is 7.13.